The minimum atomic E-state index is 0.0248. The van der Waals surface area contributed by atoms with Gasteiger partial charge in [-0.25, -0.2) is 0 Å². The molecule has 0 bridgehead atoms. The highest BCUT2D eigenvalue weighted by Gasteiger charge is 2.09. The molecule has 0 aromatic carbocycles. The Labute approximate surface area is 168 Å². The largest absolute Gasteiger partial charge is 0.353 e. The molecule has 2 nitrogen and oxygen atoms in total. The van der Waals surface area contributed by atoms with Crippen molar-refractivity contribution in [2.24, 2.45) is 0 Å². The molecule has 0 aliphatic carbocycles. The van der Waals surface area contributed by atoms with E-state index in [1.54, 1.807) is 0 Å². The Morgan fingerprint density at radius 1 is 0.846 bits per heavy atom. The van der Waals surface area contributed by atoms with Crippen molar-refractivity contribution in [2.75, 3.05) is 13.2 Å². The molecule has 1 heterocycles. The summed E-state index contributed by atoms with van der Waals surface area (Å²) >= 11 is 1.88. The quantitative estimate of drug-likeness (QED) is 0.142. The van der Waals surface area contributed by atoms with E-state index < -0.39 is 0 Å². The Hall–Kier alpha value is 0.0500. The van der Waals surface area contributed by atoms with E-state index in [2.05, 4.69) is 40.6 Å². The molecule has 152 valence electrons. The van der Waals surface area contributed by atoms with Crippen molar-refractivity contribution in [3.63, 3.8) is 0 Å². The van der Waals surface area contributed by atoms with Gasteiger partial charge in [0.15, 0.2) is 6.29 Å². The monoisotopic (exact) mass is 400 g/mol. The fourth-order valence-electron chi connectivity index (χ4n) is 2.96. The fraction of sp³-hybridized carbons (Fsp3) is 0.818. The maximum Gasteiger partial charge on any atom is 0.157 e. The Morgan fingerprint density at radius 2 is 1.42 bits per heavy atom. The molecule has 0 aliphatic heterocycles. The molecule has 0 saturated carbocycles. The Kier molecular flexibility index (Phi) is 15.9. The molecule has 0 fully saturated rings. The molecule has 0 saturated heterocycles. The van der Waals surface area contributed by atoms with Gasteiger partial charge in [0.1, 0.15) is 0 Å². The molecule has 1 aromatic heterocycles. The highest BCUT2D eigenvalue weighted by Crippen LogP contribution is 2.32. The summed E-state index contributed by atoms with van der Waals surface area (Å²) in [5.74, 6) is 0. The molecule has 4 heteroatoms. The van der Waals surface area contributed by atoms with E-state index >= 15 is 0 Å². The average Bonchev–Trinajstić information content (AvgIpc) is 3.18. The van der Waals surface area contributed by atoms with E-state index in [0.29, 0.717) is 5.66 Å². The molecule has 0 spiro atoms. The van der Waals surface area contributed by atoms with E-state index in [0.717, 1.165) is 32.5 Å². The number of hydrogen-bond donors (Lipinski definition) is 0. The van der Waals surface area contributed by atoms with Gasteiger partial charge in [0.05, 0.1) is 0 Å². The van der Waals surface area contributed by atoms with Crippen molar-refractivity contribution in [3.8, 4) is 0 Å². The normalized spacial score (nSPS) is 12.8. The molecule has 26 heavy (non-hydrogen) atoms. The van der Waals surface area contributed by atoms with Crippen molar-refractivity contribution in [1.82, 2.24) is 0 Å². The van der Waals surface area contributed by atoms with Gasteiger partial charge in [-0.1, -0.05) is 64.9 Å². The zero-order chi connectivity index (χ0) is 18.9. The van der Waals surface area contributed by atoms with Gasteiger partial charge in [0.25, 0.3) is 0 Å². The van der Waals surface area contributed by atoms with Crippen LogP contribution in [0, 0.1) is 0 Å². The second-order valence-electron chi connectivity index (χ2n) is 7.20. The number of hydrogen-bond acceptors (Lipinski definition) is 3. The van der Waals surface area contributed by atoms with Crippen molar-refractivity contribution >= 4 is 20.6 Å². The minimum absolute atomic E-state index is 0.0248. The summed E-state index contributed by atoms with van der Waals surface area (Å²) in [6, 6.07) is 4.41. The van der Waals surface area contributed by atoms with Gasteiger partial charge in [-0.15, -0.1) is 20.6 Å². The summed E-state index contributed by atoms with van der Waals surface area (Å²) in [5.41, 5.74) is 0.649. The summed E-state index contributed by atoms with van der Waals surface area (Å²) in [6.45, 7) is 6.09. The minimum Gasteiger partial charge on any atom is -0.353 e. The second kappa shape index (κ2) is 17.2. The molecular formula is C22H41O2PS. The maximum absolute atomic E-state index is 5.91. The van der Waals surface area contributed by atoms with Crippen LogP contribution in [-0.4, -0.2) is 19.5 Å². The van der Waals surface area contributed by atoms with Crippen LogP contribution in [0.15, 0.2) is 17.5 Å². The second-order valence-corrected chi connectivity index (χ2v) is 8.98. The van der Waals surface area contributed by atoms with E-state index in [1.807, 2.05) is 11.3 Å². The smallest absolute Gasteiger partial charge is 0.157 e. The van der Waals surface area contributed by atoms with E-state index in [1.165, 1.54) is 62.7 Å². The van der Waals surface area contributed by atoms with Crippen LogP contribution in [0.2, 0.25) is 0 Å². The molecule has 0 amide bonds. The first-order valence-corrected chi connectivity index (χ1v) is 12.3. The highest BCUT2D eigenvalue weighted by atomic mass is 32.1. The Balaban J connectivity index is 1.99. The van der Waals surface area contributed by atoms with Crippen LogP contribution in [0.1, 0.15) is 101 Å². The molecular weight excluding hydrogens is 359 g/mol. The third-order valence-corrected chi connectivity index (χ3v) is 6.66. The van der Waals surface area contributed by atoms with Crippen molar-refractivity contribution < 1.29 is 9.47 Å². The molecule has 0 aliphatic rings. The average molecular weight is 401 g/mol. The SMILES string of the molecule is CCCCOC(CCCCCCCCC(P)c1cccs1)OCCCC. The summed E-state index contributed by atoms with van der Waals surface area (Å²) in [5, 5.41) is 2.18. The van der Waals surface area contributed by atoms with Crippen LogP contribution >= 0.6 is 20.6 Å². The Morgan fingerprint density at radius 3 is 1.96 bits per heavy atom. The lowest BCUT2D eigenvalue weighted by molar-refractivity contribution is -0.147. The van der Waals surface area contributed by atoms with Gasteiger partial charge < -0.3 is 9.47 Å². The Bertz CT molecular complexity index is 387. The summed E-state index contributed by atoms with van der Waals surface area (Å²) < 4.78 is 11.8. The van der Waals surface area contributed by atoms with Crippen molar-refractivity contribution in [3.05, 3.63) is 22.4 Å². The van der Waals surface area contributed by atoms with Gasteiger partial charge in [-0.05, 0) is 43.6 Å². The van der Waals surface area contributed by atoms with Crippen LogP contribution in [0.4, 0.5) is 0 Å². The van der Waals surface area contributed by atoms with Crippen molar-refractivity contribution in [1.29, 1.82) is 0 Å². The maximum atomic E-state index is 5.91. The predicted octanol–water partition coefficient (Wildman–Crippen LogP) is 7.74. The topological polar surface area (TPSA) is 18.5 Å². The van der Waals surface area contributed by atoms with Gasteiger partial charge in [-0.2, -0.15) is 0 Å². The van der Waals surface area contributed by atoms with Crippen LogP contribution in [0.5, 0.6) is 0 Å². The van der Waals surface area contributed by atoms with E-state index in [4.69, 9.17) is 9.47 Å². The summed E-state index contributed by atoms with van der Waals surface area (Å²) in [4.78, 5) is 1.51. The van der Waals surface area contributed by atoms with Gasteiger partial charge in [-0.3, -0.25) is 0 Å². The molecule has 0 N–H and O–H groups in total. The first-order valence-electron chi connectivity index (χ1n) is 10.8. The fourth-order valence-corrected chi connectivity index (χ4v) is 4.31. The number of rotatable bonds is 18. The van der Waals surface area contributed by atoms with E-state index in [-0.39, 0.29) is 6.29 Å². The van der Waals surface area contributed by atoms with Crippen LogP contribution in [0.3, 0.4) is 0 Å². The van der Waals surface area contributed by atoms with Crippen LogP contribution in [0.25, 0.3) is 0 Å². The highest BCUT2D eigenvalue weighted by molar-refractivity contribution is 7.20. The third-order valence-electron chi connectivity index (χ3n) is 4.72. The van der Waals surface area contributed by atoms with Gasteiger partial charge in [0, 0.05) is 23.7 Å². The zero-order valence-corrected chi connectivity index (χ0v) is 19.1. The number of unbranched alkanes of at least 4 members (excludes halogenated alkanes) is 7. The first-order chi connectivity index (χ1) is 12.8. The van der Waals surface area contributed by atoms with Crippen molar-refractivity contribution in [2.45, 2.75) is 103 Å². The van der Waals surface area contributed by atoms with Crippen LogP contribution in [-0.2, 0) is 9.47 Å². The van der Waals surface area contributed by atoms with Gasteiger partial charge in [0.2, 0.25) is 0 Å². The lowest BCUT2D eigenvalue weighted by atomic mass is 10.1. The van der Waals surface area contributed by atoms with E-state index in [9.17, 15) is 0 Å². The van der Waals surface area contributed by atoms with Gasteiger partial charge >= 0.3 is 0 Å². The molecule has 2 atom stereocenters. The number of thiophene rings is 1. The lowest BCUT2D eigenvalue weighted by Crippen LogP contribution is -2.18. The molecule has 1 rings (SSSR count). The summed E-state index contributed by atoms with van der Waals surface area (Å²) in [6.07, 6.45) is 15.0. The predicted molar refractivity (Wildman–Crippen MR) is 119 cm³/mol. The van der Waals surface area contributed by atoms with Crippen LogP contribution < -0.4 is 0 Å². The standard InChI is InChI=1S/C22H41O2PS/c1-3-5-17-23-22(24-18-6-4-2)16-12-10-8-7-9-11-14-20(25)21-15-13-19-26-21/h13,15,19-20,22H,3-12,14,16-18,25H2,1-2H3. The zero-order valence-electron chi connectivity index (χ0n) is 17.1. The third kappa shape index (κ3) is 12.4. The molecule has 2 unspecified atom stereocenters. The molecule has 1 aromatic rings. The lowest BCUT2D eigenvalue weighted by Gasteiger charge is -2.18. The summed E-state index contributed by atoms with van der Waals surface area (Å²) in [7, 11) is 3.01. The first kappa shape index (κ1) is 24.1. The molecule has 0 radical (unpaired) electrons. The number of ether oxygens (including phenoxy) is 2.